The summed E-state index contributed by atoms with van der Waals surface area (Å²) in [6.07, 6.45) is 0. The molecule has 8 nitrogen and oxygen atoms in total. The highest BCUT2D eigenvalue weighted by atomic mass is 16.6. The number of carbonyl (C=O) groups is 1. The zero-order valence-corrected chi connectivity index (χ0v) is 16.4. The lowest BCUT2D eigenvalue weighted by molar-refractivity contribution is -0.385. The van der Waals surface area contributed by atoms with E-state index < -0.39 is 4.92 Å². The van der Waals surface area contributed by atoms with Crippen molar-refractivity contribution in [3.05, 3.63) is 69.3 Å². The molecular formula is C21H25N3O5. The summed E-state index contributed by atoms with van der Waals surface area (Å²) in [7, 11) is 0. The Hall–Kier alpha value is -2.97. The molecule has 0 radical (unpaired) electrons. The zero-order chi connectivity index (χ0) is 20.6. The van der Waals surface area contributed by atoms with Crippen LogP contribution in [0.4, 0.5) is 5.69 Å². The van der Waals surface area contributed by atoms with E-state index in [0.29, 0.717) is 24.3 Å². The Labute approximate surface area is 169 Å². The molecule has 1 fully saturated rings. The summed E-state index contributed by atoms with van der Waals surface area (Å²) in [5.74, 6) is 0.484. The molecule has 1 N–H and O–H groups in total. The number of nitro groups is 1. The lowest BCUT2D eigenvalue weighted by Crippen LogP contribution is -2.38. The minimum absolute atomic E-state index is 0.00322. The van der Waals surface area contributed by atoms with Crippen molar-refractivity contribution in [1.82, 2.24) is 10.2 Å². The molecule has 3 rings (SSSR count). The van der Waals surface area contributed by atoms with Gasteiger partial charge in [0.1, 0.15) is 12.4 Å². The predicted molar refractivity (Wildman–Crippen MR) is 108 cm³/mol. The van der Waals surface area contributed by atoms with Crippen LogP contribution in [-0.4, -0.2) is 55.2 Å². The highest BCUT2D eigenvalue weighted by Gasteiger charge is 2.14. The van der Waals surface area contributed by atoms with E-state index >= 15 is 0 Å². The van der Waals surface area contributed by atoms with Crippen molar-refractivity contribution in [3.63, 3.8) is 0 Å². The Bertz CT molecular complexity index is 865. The zero-order valence-electron chi connectivity index (χ0n) is 16.4. The monoisotopic (exact) mass is 399 g/mol. The van der Waals surface area contributed by atoms with Gasteiger partial charge in [-0.05, 0) is 36.8 Å². The highest BCUT2D eigenvalue weighted by Crippen LogP contribution is 2.19. The van der Waals surface area contributed by atoms with E-state index in [4.69, 9.17) is 9.47 Å². The molecule has 1 amide bonds. The molecule has 0 aromatic heterocycles. The molecule has 0 aliphatic carbocycles. The maximum atomic E-state index is 12.4. The van der Waals surface area contributed by atoms with Crippen LogP contribution >= 0.6 is 0 Å². The molecule has 0 saturated carbocycles. The molecular weight excluding hydrogens is 374 g/mol. The van der Waals surface area contributed by atoms with E-state index in [9.17, 15) is 14.9 Å². The summed E-state index contributed by atoms with van der Waals surface area (Å²) in [6.45, 7) is 6.80. The van der Waals surface area contributed by atoms with Crippen molar-refractivity contribution < 1.29 is 19.2 Å². The average molecular weight is 399 g/mol. The average Bonchev–Trinajstić information content (AvgIpc) is 2.73. The minimum atomic E-state index is -0.457. The van der Waals surface area contributed by atoms with Gasteiger partial charge < -0.3 is 14.8 Å². The number of benzene rings is 2. The molecule has 0 bridgehead atoms. The molecule has 1 heterocycles. The van der Waals surface area contributed by atoms with E-state index in [0.717, 1.165) is 44.2 Å². The number of nitro benzene ring substituents is 1. The van der Waals surface area contributed by atoms with Gasteiger partial charge >= 0.3 is 0 Å². The van der Waals surface area contributed by atoms with Crippen molar-refractivity contribution in [2.45, 2.75) is 13.5 Å². The van der Waals surface area contributed by atoms with Gasteiger partial charge in [-0.3, -0.25) is 19.8 Å². The molecule has 154 valence electrons. The van der Waals surface area contributed by atoms with Crippen molar-refractivity contribution in [2.75, 3.05) is 39.5 Å². The Balaban J connectivity index is 1.50. The molecule has 8 heteroatoms. The normalized spacial score (nSPS) is 14.4. The van der Waals surface area contributed by atoms with Gasteiger partial charge in [-0.1, -0.05) is 12.1 Å². The van der Waals surface area contributed by atoms with E-state index in [1.165, 1.54) is 18.2 Å². The maximum Gasteiger partial charge on any atom is 0.272 e. The molecule has 0 spiro atoms. The summed E-state index contributed by atoms with van der Waals surface area (Å²) in [5.41, 5.74) is 1.77. The minimum Gasteiger partial charge on any atom is -0.492 e. The SMILES string of the molecule is Cc1cc(C(=O)NCc2cccc(OCCN3CCOCC3)c2)ccc1[N+](=O)[O-]. The van der Waals surface area contributed by atoms with Crippen molar-refractivity contribution in [2.24, 2.45) is 0 Å². The molecule has 1 saturated heterocycles. The van der Waals surface area contributed by atoms with E-state index in [2.05, 4.69) is 10.2 Å². The van der Waals surface area contributed by atoms with Gasteiger partial charge in [0.25, 0.3) is 11.6 Å². The van der Waals surface area contributed by atoms with Gasteiger partial charge in [-0.2, -0.15) is 0 Å². The summed E-state index contributed by atoms with van der Waals surface area (Å²) >= 11 is 0. The Morgan fingerprint density at radius 2 is 2.03 bits per heavy atom. The first-order valence-electron chi connectivity index (χ1n) is 9.58. The number of carbonyl (C=O) groups excluding carboxylic acids is 1. The molecule has 0 unspecified atom stereocenters. The van der Waals surface area contributed by atoms with Gasteiger partial charge in [0, 0.05) is 43.4 Å². The first-order chi connectivity index (χ1) is 14.0. The number of nitrogens with one attached hydrogen (secondary N) is 1. The molecule has 29 heavy (non-hydrogen) atoms. The van der Waals surface area contributed by atoms with Crippen LogP contribution in [-0.2, 0) is 11.3 Å². The van der Waals surface area contributed by atoms with E-state index in [1.54, 1.807) is 6.92 Å². The number of ether oxygens (including phenoxy) is 2. The third-order valence-electron chi connectivity index (χ3n) is 4.79. The largest absolute Gasteiger partial charge is 0.492 e. The number of amides is 1. The topological polar surface area (TPSA) is 93.9 Å². The second kappa shape index (κ2) is 9.99. The fourth-order valence-corrected chi connectivity index (χ4v) is 3.15. The third kappa shape index (κ3) is 6.00. The van der Waals surface area contributed by atoms with Crippen molar-refractivity contribution in [1.29, 1.82) is 0 Å². The van der Waals surface area contributed by atoms with Crippen LogP contribution in [0.2, 0.25) is 0 Å². The second-order valence-electron chi connectivity index (χ2n) is 6.89. The van der Waals surface area contributed by atoms with E-state index in [1.807, 2.05) is 24.3 Å². The number of hydrogen-bond donors (Lipinski definition) is 1. The predicted octanol–water partition coefficient (Wildman–Crippen LogP) is 2.54. The van der Waals surface area contributed by atoms with Crippen LogP contribution in [0.5, 0.6) is 5.75 Å². The quantitative estimate of drug-likeness (QED) is 0.542. The van der Waals surface area contributed by atoms with Crippen molar-refractivity contribution >= 4 is 11.6 Å². The Kier molecular flexibility index (Phi) is 7.15. The fraction of sp³-hybridized carbons (Fsp3) is 0.381. The summed E-state index contributed by atoms with van der Waals surface area (Å²) in [6, 6.07) is 11.9. The van der Waals surface area contributed by atoms with Gasteiger partial charge in [-0.25, -0.2) is 0 Å². The Morgan fingerprint density at radius 3 is 2.76 bits per heavy atom. The lowest BCUT2D eigenvalue weighted by Gasteiger charge is -2.26. The van der Waals surface area contributed by atoms with Crippen LogP contribution in [0.3, 0.4) is 0 Å². The molecule has 2 aromatic rings. The summed E-state index contributed by atoms with van der Waals surface area (Å²) in [4.78, 5) is 25.1. The van der Waals surface area contributed by atoms with Crippen LogP contribution in [0.15, 0.2) is 42.5 Å². The Morgan fingerprint density at radius 1 is 1.24 bits per heavy atom. The smallest absolute Gasteiger partial charge is 0.272 e. The number of rotatable bonds is 8. The maximum absolute atomic E-state index is 12.4. The first-order valence-corrected chi connectivity index (χ1v) is 9.58. The first kappa shape index (κ1) is 20.8. The third-order valence-corrected chi connectivity index (χ3v) is 4.79. The molecule has 1 aliphatic heterocycles. The van der Waals surface area contributed by atoms with Crippen molar-refractivity contribution in [3.8, 4) is 5.75 Å². The number of nitrogens with zero attached hydrogens (tertiary/aromatic N) is 2. The number of morpholine rings is 1. The van der Waals surface area contributed by atoms with Gasteiger partial charge in [0.2, 0.25) is 0 Å². The summed E-state index contributed by atoms with van der Waals surface area (Å²) < 4.78 is 11.2. The number of aryl methyl sites for hydroxylation is 1. The molecule has 1 aliphatic rings. The van der Waals surface area contributed by atoms with Crippen LogP contribution in [0.1, 0.15) is 21.5 Å². The second-order valence-corrected chi connectivity index (χ2v) is 6.89. The number of hydrogen-bond acceptors (Lipinski definition) is 6. The van der Waals surface area contributed by atoms with E-state index in [-0.39, 0.29) is 11.6 Å². The lowest BCUT2D eigenvalue weighted by atomic mass is 10.1. The molecule has 0 atom stereocenters. The fourth-order valence-electron chi connectivity index (χ4n) is 3.15. The molecule has 2 aromatic carbocycles. The van der Waals surface area contributed by atoms with Gasteiger partial charge in [0.15, 0.2) is 0 Å². The van der Waals surface area contributed by atoms with Gasteiger partial charge in [0.05, 0.1) is 18.1 Å². The van der Waals surface area contributed by atoms with Crippen LogP contribution in [0.25, 0.3) is 0 Å². The highest BCUT2D eigenvalue weighted by molar-refractivity contribution is 5.94. The van der Waals surface area contributed by atoms with Gasteiger partial charge in [-0.15, -0.1) is 0 Å². The van der Waals surface area contributed by atoms with Crippen LogP contribution < -0.4 is 10.1 Å². The van der Waals surface area contributed by atoms with Crippen LogP contribution in [0, 0.1) is 17.0 Å². The standard InChI is InChI=1S/C21H25N3O5/c1-16-13-18(5-6-20(16)24(26)27)21(25)22-15-17-3-2-4-19(14-17)29-12-9-23-7-10-28-11-8-23/h2-6,13-14H,7-12,15H2,1H3,(H,22,25). The summed E-state index contributed by atoms with van der Waals surface area (Å²) in [5, 5.41) is 13.7.